The van der Waals surface area contributed by atoms with Gasteiger partial charge < -0.3 is 15.6 Å². The van der Waals surface area contributed by atoms with E-state index in [4.69, 9.17) is 15.5 Å². The maximum Gasteiger partial charge on any atom is 0.154 e. The first-order chi connectivity index (χ1) is 15.1. The Balaban J connectivity index is 1.86. The van der Waals surface area contributed by atoms with E-state index < -0.39 is 0 Å². The highest BCUT2D eigenvalue weighted by atomic mass is 16.5. The van der Waals surface area contributed by atoms with Gasteiger partial charge in [0, 0.05) is 24.1 Å². The zero-order valence-electron chi connectivity index (χ0n) is 17.8. The van der Waals surface area contributed by atoms with E-state index in [9.17, 15) is 5.11 Å². The zero-order valence-corrected chi connectivity index (χ0v) is 17.8. The fourth-order valence-corrected chi connectivity index (χ4v) is 3.75. The lowest BCUT2D eigenvalue weighted by atomic mass is 10.0. The summed E-state index contributed by atoms with van der Waals surface area (Å²) in [6.45, 7) is 2.45. The second-order valence-electron chi connectivity index (χ2n) is 7.55. The molecule has 0 aliphatic heterocycles. The molecule has 4 aromatic rings. The summed E-state index contributed by atoms with van der Waals surface area (Å²) >= 11 is 0. The van der Waals surface area contributed by atoms with E-state index >= 15 is 0 Å². The molecule has 0 radical (unpaired) electrons. The first kappa shape index (κ1) is 21.1. The average molecular weight is 418 g/mol. The van der Waals surface area contributed by atoms with E-state index in [0.29, 0.717) is 18.1 Å². The van der Waals surface area contributed by atoms with E-state index in [-0.39, 0.29) is 12.6 Å². The van der Waals surface area contributed by atoms with Crippen LogP contribution in [0.3, 0.4) is 0 Å². The van der Waals surface area contributed by atoms with Gasteiger partial charge in [-0.3, -0.25) is 4.98 Å². The molecule has 0 fully saturated rings. The highest BCUT2D eigenvalue weighted by Crippen LogP contribution is 2.29. The van der Waals surface area contributed by atoms with Crippen LogP contribution >= 0.6 is 0 Å². The van der Waals surface area contributed by atoms with Gasteiger partial charge >= 0.3 is 0 Å². The Labute approximate surface area is 181 Å². The van der Waals surface area contributed by atoms with E-state index in [0.717, 1.165) is 46.3 Å². The summed E-state index contributed by atoms with van der Waals surface area (Å²) in [6.07, 6.45) is 3.72. The minimum atomic E-state index is -0.123. The number of benzene rings is 1. The van der Waals surface area contributed by atoms with Crippen molar-refractivity contribution in [2.24, 2.45) is 5.73 Å². The number of rotatable bonds is 8. The molecule has 0 saturated heterocycles. The third-order valence-corrected chi connectivity index (χ3v) is 5.29. The zero-order chi connectivity index (χ0) is 21.8. The van der Waals surface area contributed by atoms with Crippen molar-refractivity contribution in [1.82, 2.24) is 19.7 Å². The molecule has 160 valence electrons. The van der Waals surface area contributed by atoms with Gasteiger partial charge in [0.05, 0.1) is 42.0 Å². The predicted octanol–water partition coefficient (Wildman–Crippen LogP) is 3.92. The molecule has 0 aliphatic rings. The molecule has 0 spiro atoms. The second kappa shape index (κ2) is 9.34. The normalized spacial score (nSPS) is 12.4. The van der Waals surface area contributed by atoms with Crippen molar-refractivity contribution in [1.29, 1.82) is 0 Å². The van der Waals surface area contributed by atoms with Crippen molar-refractivity contribution >= 4 is 10.9 Å². The van der Waals surface area contributed by atoms with Crippen LogP contribution < -0.4 is 5.73 Å². The van der Waals surface area contributed by atoms with Crippen LogP contribution in [0.2, 0.25) is 0 Å². The monoisotopic (exact) mass is 417 g/mol. The van der Waals surface area contributed by atoms with Crippen molar-refractivity contribution in [3.63, 3.8) is 0 Å². The van der Waals surface area contributed by atoms with Crippen molar-refractivity contribution in [3.8, 4) is 17.1 Å². The molecule has 0 aliphatic carbocycles. The Kier molecular flexibility index (Phi) is 6.36. The van der Waals surface area contributed by atoms with E-state index in [2.05, 4.69) is 29.1 Å². The molecule has 7 heteroatoms. The number of pyridine rings is 2. The van der Waals surface area contributed by atoms with Crippen LogP contribution in [0.4, 0.5) is 0 Å². The third-order valence-electron chi connectivity index (χ3n) is 5.29. The highest BCUT2D eigenvalue weighted by molar-refractivity contribution is 5.88. The summed E-state index contributed by atoms with van der Waals surface area (Å²) in [6, 6.07) is 15.6. The summed E-state index contributed by atoms with van der Waals surface area (Å²) in [7, 11) is 1.68. The molecule has 3 aromatic heterocycles. The topological polar surface area (TPSA) is 99.1 Å². The molecule has 0 amide bonds. The molecule has 0 saturated carbocycles. The number of ether oxygens (including phenoxy) is 1. The SMILES string of the molecule is CCCC(N)c1cccc(-c2cc(COC)c3cnn(-c4cccc(CO)n4)c3c2)n1. The van der Waals surface area contributed by atoms with Crippen molar-refractivity contribution < 1.29 is 9.84 Å². The summed E-state index contributed by atoms with van der Waals surface area (Å²) < 4.78 is 7.23. The van der Waals surface area contributed by atoms with Crippen molar-refractivity contribution in [2.75, 3.05) is 7.11 Å². The predicted molar refractivity (Wildman–Crippen MR) is 121 cm³/mol. The van der Waals surface area contributed by atoms with Crippen LogP contribution in [0, 0.1) is 0 Å². The van der Waals surface area contributed by atoms with Gasteiger partial charge in [-0.15, -0.1) is 0 Å². The number of aliphatic hydroxyl groups is 1. The number of hydrogen-bond donors (Lipinski definition) is 2. The molecule has 0 bridgehead atoms. The maximum atomic E-state index is 9.46. The lowest BCUT2D eigenvalue weighted by molar-refractivity contribution is 0.186. The number of methoxy groups -OCH3 is 1. The van der Waals surface area contributed by atoms with Crippen LogP contribution in [-0.2, 0) is 18.0 Å². The Morgan fingerprint density at radius 1 is 1.13 bits per heavy atom. The summed E-state index contributed by atoms with van der Waals surface area (Å²) in [5, 5.41) is 15.0. The van der Waals surface area contributed by atoms with E-state index in [1.54, 1.807) is 17.9 Å². The maximum absolute atomic E-state index is 9.46. The molecule has 1 unspecified atom stereocenters. The minimum Gasteiger partial charge on any atom is -0.390 e. The fourth-order valence-electron chi connectivity index (χ4n) is 3.75. The lowest BCUT2D eigenvalue weighted by Crippen LogP contribution is -2.11. The molecule has 1 aromatic carbocycles. The van der Waals surface area contributed by atoms with Gasteiger partial charge in [0.2, 0.25) is 0 Å². The van der Waals surface area contributed by atoms with Gasteiger partial charge in [-0.25, -0.2) is 9.67 Å². The third kappa shape index (κ3) is 4.34. The highest BCUT2D eigenvalue weighted by Gasteiger charge is 2.15. The van der Waals surface area contributed by atoms with Gasteiger partial charge in [-0.05, 0) is 48.4 Å². The smallest absolute Gasteiger partial charge is 0.154 e. The summed E-state index contributed by atoms with van der Waals surface area (Å²) in [4.78, 5) is 9.35. The van der Waals surface area contributed by atoms with E-state index in [1.807, 2.05) is 36.5 Å². The number of nitrogens with zero attached hydrogens (tertiary/aromatic N) is 4. The number of fused-ring (bicyclic) bond motifs is 1. The second-order valence-corrected chi connectivity index (χ2v) is 7.55. The van der Waals surface area contributed by atoms with Gasteiger partial charge in [0.1, 0.15) is 0 Å². The first-order valence-corrected chi connectivity index (χ1v) is 10.4. The Hall–Kier alpha value is -3.13. The molecule has 4 rings (SSSR count). The van der Waals surface area contributed by atoms with Gasteiger partial charge in [-0.2, -0.15) is 5.10 Å². The molecule has 7 nitrogen and oxygen atoms in total. The molecule has 3 N–H and O–H groups in total. The lowest BCUT2D eigenvalue weighted by Gasteiger charge is -2.13. The van der Waals surface area contributed by atoms with E-state index in [1.165, 1.54) is 0 Å². The van der Waals surface area contributed by atoms with Crippen LogP contribution in [0.25, 0.3) is 28.0 Å². The number of aliphatic hydroxyl groups excluding tert-OH is 1. The summed E-state index contributed by atoms with van der Waals surface area (Å²) in [5.41, 5.74) is 11.5. The van der Waals surface area contributed by atoms with Crippen LogP contribution in [-0.4, -0.2) is 32.0 Å². The molecular weight excluding hydrogens is 390 g/mol. The number of nitrogens with two attached hydrogens (primary N) is 1. The average Bonchev–Trinajstić information content (AvgIpc) is 3.24. The van der Waals surface area contributed by atoms with Gasteiger partial charge in [0.15, 0.2) is 5.82 Å². The van der Waals surface area contributed by atoms with Gasteiger partial charge in [-0.1, -0.05) is 25.5 Å². The largest absolute Gasteiger partial charge is 0.390 e. The fraction of sp³-hybridized carbons (Fsp3) is 0.292. The minimum absolute atomic E-state index is 0.0805. The van der Waals surface area contributed by atoms with Crippen molar-refractivity contribution in [2.45, 2.75) is 39.0 Å². The van der Waals surface area contributed by atoms with Crippen molar-refractivity contribution in [3.05, 3.63) is 71.7 Å². The number of aromatic nitrogens is 4. The van der Waals surface area contributed by atoms with Crippen LogP contribution in [0.5, 0.6) is 0 Å². The Bertz CT molecular complexity index is 1190. The van der Waals surface area contributed by atoms with Crippen LogP contribution in [0.15, 0.2) is 54.7 Å². The molecule has 1 atom stereocenters. The Morgan fingerprint density at radius 2 is 1.97 bits per heavy atom. The Morgan fingerprint density at radius 3 is 2.74 bits per heavy atom. The molecular formula is C24H27N5O2. The molecule has 31 heavy (non-hydrogen) atoms. The van der Waals surface area contributed by atoms with Gasteiger partial charge in [0.25, 0.3) is 0 Å². The molecule has 3 heterocycles. The number of hydrogen-bond acceptors (Lipinski definition) is 6. The summed E-state index contributed by atoms with van der Waals surface area (Å²) in [5.74, 6) is 0.647. The standard InChI is InChI=1S/C24H27N5O2/c1-3-6-20(25)22-9-5-8-21(28-22)16-11-17(15-31-2)19-13-26-29(23(19)12-16)24-10-4-7-18(14-30)27-24/h4-5,7-13,20,30H,3,6,14-15,25H2,1-2H3. The quantitative estimate of drug-likeness (QED) is 0.451. The first-order valence-electron chi connectivity index (χ1n) is 10.4. The van der Waals surface area contributed by atoms with Crippen LogP contribution in [0.1, 0.15) is 42.8 Å².